The molecule has 0 spiro atoms. The molecular formula is C10H5ClN4S. The zero-order chi connectivity index (χ0) is 11.4. The van der Waals surface area contributed by atoms with E-state index in [9.17, 15) is 0 Å². The van der Waals surface area contributed by atoms with Crippen molar-refractivity contribution in [2.24, 2.45) is 0 Å². The molecule has 0 saturated carbocycles. The highest BCUT2D eigenvalue weighted by molar-refractivity contribution is 7.99. The fourth-order valence-electron chi connectivity index (χ4n) is 1.03. The number of nitriles is 1. The average Bonchev–Trinajstić information content (AvgIpc) is 2.29. The molecule has 0 radical (unpaired) electrons. The van der Waals surface area contributed by atoms with Gasteiger partial charge < -0.3 is 0 Å². The number of halogens is 1. The summed E-state index contributed by atoms with van der Waals surface area (Å²) in [5.41, 5.74) is 0.478. The monoisotopic (exact) mass is 248 g/mol. The van der Waals surface area contributed by atoms with Gasteiger partial charge in [0, 0.05) is 12.4 Å². The lowest BCUT2D eigenvalue weighted by Gasteiger charge is -2.00. The van der Waals surface area contributed by atoms with Gasteiger partial charge in [0.05, 0.1) is 17.8 Å². The first-order chi connectivity index (χ1) is 7.78. The topological polar surface area (TPSA) is 62.5 Å². The van der Waals surface area contributed by atoms with Gasteiger partial charge in [-0.1, -0.05) is 11.6 Å². The van der Waals surface area contributed by atoms with E-state index in [2.05, 4.69) is 15.0 Å². The molecule has 78 valence electrons. The standard InChI is InChI=1S/C10H5ClN4S/c11-8-3-7(5-12)4-9(15-8)16-10-6-13-1-2-14-10/h1-4,6H. The van der Waals surface area contributed by atoms with Crippen molar-refractivity contribution < 1.29 is 0 Å². The van der Waals surface area contributed by atoms with Gasteiger partial charge >= 0.3 is 0 Å². The normalized spacial score (nSPS) is 9.75. The molecule has 0 aromatic carbocycles. The van der Waals surface area contributed by atoms with Crippen molar-refractivity contribution in [3.05, 3.63) is 41.4 Å². The minimum atomic E-state index is 0.297. The largest absolute Gasteiger partial charge is 0.260 e. The Balaban J connectivity index is 2.29. The van der Waals surface area contributed by atoms with Crippen molar-refractivity contribution in [3.63, 3.8) is 0 Å². The molecule has 0 atom stereocenters. The van der Waals surface area contributed by atoms with Crippen LogP contribution in [0.1, 0.15) is 5.56 Å². The first kappa shape index (κ1) is 10.9. The van der Waals surface area contributed by atoms with Crippen LogP contribution in [0, 0.1) is 11.3 Å². The quantitative estimate of drug-likeness (QED) is 0.765. The maximum atomic E-state index is 8.78. The molecule has 0 aliphatic heterocycles. The van der Waals surface area contributed by atoms with E-state index in [0.717, 1.165) is 0 Å². The highest BCUT2D eigenvalue weighted by atomic mass is 35.5. The van der Waals surface area contributed by atoms with Gasteiger partial charge in [-0.2, -0.15) is 5.26 Å². The Hall–Kier alpha value is -1.64. The van der Waals surface area contributed by atoms with Crippen molar-refractivity contribution in [1.82, 2.24) is 15.0 Å². The molecule has 0 aliphatic rings. The molecule has 0 unspecified atom stereocenters. The van der Waals surface area contributed by atoms with Crippen LogP contribution in [0.25, 0.3) is 0 Å². The van der Waals surface area contributed by atoms with E-state index in [1.54, 1.807) is 24.7 Å². The van der Waals surface area contributed by atoms with Crippen LogP contribution in [0.15, 0.2) is 40.8 Å². The number of rotatable bonds is 2. The van der Waals surface area contributed by atoms with Crippen LogP contribution < -0.4 is 0 Å². The minimum Gasteiger partial charge on any atom is -0.260 e. The van der Waals surface area contributed by atoms with Crippen LogP contribution >= 0.6 is 23.4 Å². The summed E-state index contributed by atoms with van der Waals surface area (Å²) in [6.07, 6.45) is 4.81. The molecule has 2 aromatic heterocycles. The maximum absolute atomic E-state index is 8.78. The fraction of sp³-hybridized carbons (Fsp3) is 0. The predicted octanol–water partition coefficient (Wildman–Crippen LogP) is 2.55. The van der Waals surface area contributed by atoms with Crippen LogP contribution in [0.5, 0.6) is 0 Å². The molecule has 0 fully saturated rings. The number of hydrogen-bond acceptors (Lipinski definition) is 5. The van der Waals surface area contributed by atoms with Gasteiger partial charge in [0.2, 0.25) is 0 Å². The highest BCUT2D eigenvalue weighted by Crippen LogP contribution is 2.25. The third kappa shape index (κ3) is 2.69. The van der Waals surface area contributed by atoms with Gasteiger partial charge in [-0.05, 0) is 23.9 Å². The van der Waals surface area contributed by atoms with Crippen molar-refractivity contribution in [1.29, 1.82) is 5.26 Å². The third-order valence-corrected chi connectivity index (χ3v) is 2.68. The molecule has 4 nitrogen and oxygen atoms in total. The Labute approximate surface area is 101 Å². The van der Waals surface area contributed by atoms with Crippen LogP contribution in [0.4, 0.5) is 0 Å². The van der Waals surface area contributed by atoms with Gasteiger partial charge in [0.15, 0.2) is 0 Å². The van der Waals surface area contributed by atoms with Crippen LogP contribution in [0.3, 0.4) is 0 Å². The number of pyridine rings is 1. The summed E-state index contributed by atoms with van der Waals surface area (Å²) in [5, 5.41) is 10.4. The summed E-state index contributed by atoms with van der Waals surface area (Å²) < 4.78 is 0. The SMILES string of the molecule is N#Cc1cc(Cl)nc(Sc2cnccn2)c1. The van der Waals surface area contributed by atoms with E-state index in [1.165, 1.54) is 17.8 Å². The highest BCUT2D eigenvalue weighted by Gasteiger charge is 2.04. The molecule has 0 saturated heterocycles. The van der Waals surface area contributed by atoms with E-state index >= 15 is 0 Å². The summed E-state index contributed by atoms with van der Waals surface area (Å²) >= 11 is 7.09. The Kier molecular flexibility index (Phi) is 3.34. The smallest absolute Gasteiger partial charge is 0.131 e. The van der Waals surface area contributed by atoms with Crippen LogP contribution in [0.2, 0.25) is 5.15 Å². The van der Waals surface area contributed by atoms with E-state index < -0.39 is 0 Å². The van der Waals surface area contributed by atoms with Crippen molar-refractivity contribution in [2.75, 3.05) is 0 Å². The molecule has 0 amide bonds. The summed E-state index contributed by atoms with van der Waals surface area (Å²) in [6, 6.07) is 5.19. The molecule has 2 heterocycles. The second-order valence-electron chi connectivity index (χ2n) is 2.77. The third-order valence-electron chi connectivity index (χ3n) is 1.65. The molecule has 6 heteroatoms. The van der Waals surface area contributed by atoms with E-state index in [1.807, 2.05) is 6.07 Å². The summed E-state index contributed by atoms with van der Waals surface area (Å²) in [6.45, 7) is 0. The van der Waals surface area contributed by atoms with Crippen LogP contribution in [-0.4, -0.2) is 15.0 Å². The number of nitrogens with zero attached hydrogens (tertiary/aromatic N) is 4. The minimum absolute atomic E-state index is 0.297. The van der Waals surface area contributed by atoms with Crippen molar-refractivity contribution >= 4 is 23.4 Å². The van der Waals surface area contributed by atoms with Gasteiger partial charge in [0.25, 0.3) is 0 Å². The lowest BCUT2D eigenvalue weighted by Crippen LogP contribution is -1.86. The molecule has 0 N–H and O–H groups in total. The number of aromatic nitrogens is 3. The molecule has 0 bridgehead atoms. The Bertz CT molecular complexity index is 538. The van der Waals surface area contributed by atoms with Crippen molar-refractivity contribution in [2.45, 2.75) is 10.1 Å². The zero-order valence-corrected chi connectivity index (χ0v) is 9.53. The van der Waals surface area contributed by atoms with Gasteiger partial charge in [-0.3, -0.25) is 4.98 Å². The lowest BCUT2D eigenvalue weighted by atomic mass is 10.3. The molecule has 0 aliphatic carbocycles. The van der Waals surface area contributed by atoms with Crippen molar-refractivity contribution in [3.8, 4) is 6.07 Å². The second-order valence-corrected chi connectivity index (χ2v) is 4.20. The Morgan fingerprint density at radius 2 is 2.12 bits per heavy atom. The van der Waals surface area contributed by atoms with Crippen LogP contribution in [-0.2, 0) is 0 Å². The fourth-order valence-corrected chi connectivity index (χ4v) is 2.06. The van der Waals surface area contributed by atoms with Gasteiger partial charge in [-0.15, -0.1) is 0 Å². The second kappa shape index (κ2) is 4.92. The molecule has 2 aromatic rings. The first-order valence-electron chi connectivity index (χ1n) is 4.29. The zero-order valence-electron chi connectivity index (χ0n) is 7.96. The molecule has 2 rings (SSSR count). The summed E-state index contributed by atoms with van der Waals surface area (Å²) in [4.78, 5) is 12.1. The average molecular weight is 249 g/mol. The predicted molar refractivity (Wildman–Crippen MR) is 60.1 cm³/mol. The summed E-state index contributed by atoms with van der Waals surface area (Å²) in [5.74, 6) is 0. The van der Waals surface area contributed by atoms with E-state index in [4.69, 9.17) is 16.9 Å². The Morgan fingerprint density at radius 3 is 2.81 bits per heavy atom. The Morgan fingerprint density at radius 1 is 1.25 bits per heavy atom. The number of hydrogen-bond donors (Lipinski definition) is 0. The lowest BCUT2D eigenvalue weighted by molar-refractivity contribution is 1.04. The molecular weight excluding hydrogens is 244 g/mol. The first-order valence-corrected chi connectivity index (χ1v) is 5.49. The van der Waals surface area contributed by atoms with E-state index in [-0.39, 0.29) is 0 Å². The van der Waals surface area contributed by atoms with Gasteiger partial charge in [0.1, 0.15) is 15.2 Å². The van der Waals surface area contributed by atoms with Gasteiger partial charge in [-0.25, -0.2) is 9.97 Å². The maximum Gasteiger partial charge on any atom is 0.131 e. The molecule has 16 heavy (non-hydrogen) atoms. The summed E-state index contributed by atoms with van der Waals surface area (Å²) in [7, 11) is 0. The van der Waals surface area contributed by atoms with E-state index in [0.29, 0.717) is 20.8 Å².